The number of hydrogen-bond donors (Lipinski definition) is 0. The summed E-state index contributed by atoms with van der Waals surface area (Å²) in [5.74, 6) is 0. The van der Waals surface area contributed by atoms with Crippen LogP contribution in [-0.4, -0.2) is 8.80 Å². The minimum absolute atomic E-state index is 0.798. The molecule has 0 saturated heterocycles. The molecule has 0 atom stereocenters. The number of fused-ring (bicyclic) bond motifs is 12. The molecular weight excluding hydrogens is 459 g/mol. The monoisotopic (exact) mass is 472 g/mol. The largest absolute Gasteiger partial charge is 0.308 e. The average Bonchev–Trinajstić information content (AvgIpc) is 3.56. The van der Waals surface area contributed by atoms with Gasteiger partial charge in [0.25, 0.3) is 0 Å². The SMILES string of the molecule is Clc1ccc2c3cc4c5ccc(Cl)c6c7ccccc7n(c4cc3n3c4ccccc4c1c23)c56. The predicted octanol–water partition coefficient (Wildman–Crippen LogP) is 9.29. The van der Waals surface area contributed by atoms with Crippen molar-refractivity contribution < 1.29 is 0 Å². The lowest BCUT2D eigenvalue weighted by Gasteiger charge is -2.01. The number of nitrogens with zero attached hydrogens (tertiary/aromatic N) is 2. The minimum Gasteiger partial charge on any atom is -0.308 e. The molecule has 9 rings (SSSR count). The quantitative estimate of drug-likeness (QED) is 0.208. The molecule has 0 bridgehead atoms. The van der Waals surface area contributed by atoms with Gasteiger partial charge in [0.1, 0.15) is 0 Å². The van der Waals surface area contributed by atoms with Crippen LogP contribution >= 0.6 is 23.2 Å². The molecule has 0 radical (unpaired) electrons. The Balaban J connectivity index is 1.63. The van der Waals surface area contributed by atoms with Crippen LogP contribution in [0.2, 0.25) is 10.0 Å². The molecule has 5 aromatic carbocycles. The van der Waals surface area contributed by atoms with Crippen molar-refractivity contribution in [3.8, 4) is 0 Å². The summed E-state index contributed by atoms with van der Waals surface area (Å²) in [4.78, 5) is 0. The third kappa shape index (κ3) is 1.80. The summed E-state index contributed by atoms with van der Waals surface area (Å²) in [6.07, 6.45) is 0. The first kappa shape index (κ1) is 17.7. The zero-order valence-electron chi connectivity index (χ0n) is 17.7. The number of para-hydroxylation sites is 2. The fraction of sp³-hybridized carbons (Fsp3) is 0. The van der Waals surface area contributed by atoms with Crippen molar-refractivity contribution in [2.24, 2.45) is 0 Å². The van der Waals surface area contributed by atoms with E-state index in [0.29, 0.717) is 0 Å². The minimum atomic E-state index is 0.798. The highest BCUT2D eigenvalue weighted by molar-refractivity contribution is 6.42. The highest BCUT2D eigenvalue weighted by Gasteiger charge is 2.23. The zero-order valence-corrected chi connectivity index (χ0v) is 19.2. The molecular formula is C30H14Cl2N2. The van der Waals surface area contributed by atoms with Crippen LogP contribution in [0.5, 0.6) is 0 Å². The van der Waals surface area contributed by atoms with Gasteiger partial charge < -0.3 is 8.80 Å². The van der Waals surface area contributed by atoms with Crippen LogP contribution in [0.25, 0.3) is 76.2 Å². The molecule has 2 nitrogen and oxygen atoms in total. The van der Waals surface area contributed by atoms with Crippen LogP contribution in [0, 0.1) is 0 Å². The Labute approximate surface area is 202 Å². The second kappa shape index (κ2) is 5.67. The Morgan fingerprint density at radius 2 is 0.882 bits per heavy atom. The van der Waals surface area contributed by atoms with E-state index in [2.05, 4.69) is 81.6 Å². The lowest BCUT2D eigenvalue weighted by atomic mass is 10.0. The first-order valence-electron chi connectivity index (χ1n) is 11.4. The summed E-state index contributed by atoms with van der Waals surface area (Å²) >= 11 is 13.5. The second-order valence-electron chi connectivity index (χ2n) is 9.23. The van der Waals surface area contributed by atoms with E-state index < -0.39 is 0 Å². The van der Waals surface area contributed by atoms with Crippen molar-refractivity contribution >= 4 is 99.4 Å². The Hall–Kier alpha value is -3.72. The van der Waals surface area contributed by atoms with Gasteiger partial charge in [-0.2, -0.15) is 0 Å². The Bertz CT molecular complexity index is 2140. The molecule has 4 aromatic heterocycles. The van der Waals surface area contributed by atoms with Gasteiger partial charge in [0.2, 0.25) is 0 Å². The number of hydrogen-bond acceptors (Lipinski definition) is 0. The molecule has 0 amide bonds. The van der Waals surface area contributed by atoms with E-state index >= 15 is 0 Å². The maximum absolute atomic E-state index is 6.75. The van der Waals surface area contributed by atoms with Crippen molar-refractivity contribution in [1.29, 1.82) is 0 Å². The molecule has 0 fully saturated rings. The summed E-state index contributed by atoms with van der Waals surface area (Å²) < 4.78 is 4.78. The van der Waals surface area contributed by atoms with Gasteiger partial charge in [-0.05, 0) is 36.4 Å². The third-order valence-corrected chi connectivity index (χ3v) is 8.34. The van der Waals surface area contributed by atoms with Crippen molar-refractivity contribution in [3.63, 3.8) is 0 Å². The molecule has 9 aromatic rings. The molecule has 0 unspecified atom stereocenters. The van der Waals surface area contributed by atoms with E-state index in [4.69, 9.17) is 23.2 Å². The first-order chi connectivity index (χ1) is 16.7. The molecule has 0 aliphatic rings. The van der Waals surface area contributed by atoms with Crippen LogP contribution < -0.4 is 0 Å². The second-order valence-corrected chi connectivity index (χ2v) is 10.0. The van der Waals surface area contributed by atoms with Crippen molar-refractivity contribution in [2.45, 2.75) is 0 Å². The fourth-order valence-corrected chi connectivity index (χ4v) is 6.93. The number of rotatable bonds is 0. The van der Waals surface area contributed by atoms with Crippen LogP contribution in [0.1, 0.15) is 0 Å². The highest BCUT2D eigenvalue weighted by Crippen LogP contribution is 2.46. The van der Waals surface area contributed by atoms with Crippen molar-refractivity contribution in [2.75, 3.05) is 0 Å². The molecule has 4 heteroatoms. The number of halogens is 2. The standard InChI is InChI=1S/C30H14Cl2N2/c31-21-11-9-15-19-13-20-16-10-12-22(32)28-18-6-2-4-8-24(18)34(30(16)28)26(20)14-25(19)33-23-7-3-1-5-17(23)27(21)29(15)33/h1-14H. The Morgan fingerprint density at radius 1 is 0.412 bits per heavy atom. The molecule has 0 saturated carbocycles. The average molecular weight is 473 g/mol. The van der Waals surface area contributed by atoms with Crippen molar-refractivity contribution in [1.82, 2.24) is 8.80 Å². The fourth-order valence-electron chi connectivity index (χ4n) is 6.42. The van der Waals surface area contributed by atoms with Gasteiger partial charge in [0.15, 0.2) is 0 Å². The first-order valence-corrected chi connectivity index (χ1v) is 12.1. The highest BCUT2D eigenvalue weighted by atomic mass is 35.5. The molecule has 34 heavy (non-hydrogen) atoms. The van der Waals surface area contributed by atoms with Crippen molar-refractivity contribution in [3.05, 3.63) is 95.0 Å². The van der Waals surface area contributed by atoms with Crippen LogP contribution in [0.15, 0.2) is 84.9 Å². The van der Waals surface area contributed by atoms with E-state index in [1.807, 2.05) is 12.1 Å². The number of aromatic nitrogens is 2. The zero-order chi connectivity index (χ0) is 22.3. The summed E-state index contributed by atoms with van der Waals surface area (Å²) in [6, 6.07) is 30.2. The lowest BCUT2D eigenvalue weighted by Crippen LogP contribution is -1.83. The summed E-state index contributed by atoms with van der Waals surface area (Å²) in [5.41, 5.74) is 7.18. The normalized spacial score (nSPS) is 13.0. The van der Waals surface area contributed by atoms with Gasteiger partial charge in [0, 0.05) is 43.1 Å². The van der Waals surface area contributed by atoms with E-state index in [1.165, 1.54) is 65.4 Å². The van der Waals surface area contributed by atoms with Gasteiger partial charge >= 0.3 is 0 Å². The van der Waals surface area contributed by atoms with Crippen LogP contribution in [0.4, 0.5) is 0 Å². The van der Waals surface area contributed by atoms with Gasteiger partial charge in [-0.3, -0.25) is 0 Å². The summed E-state index contributed by atoms with van der Waals surface area (Å²) in [5, 5.41) is 11.2. The molecule has 158 valence electrons. The van der Waals surface area contributed by atoms with Gasteiger partial charge in [-0.15, -0.1) is 0 Å². The van der Waals surface area contributed by atoms with E-state index in [-0.39, 0.29) is 0 Å². The maximum Gasteiger partial charge on any atom is 0.0635 e. The summed E-state index contributed by atoms with van der Waals surface area (Å²) in [7, 11) is 0. The van der Waals surface area contributed by atoms with Gasteiger partial charge in [0.05, 0.1) is 43.1 Å². The lowest BCUT2D eigenvalue weighted by molar-refractivity contribution is 1.35. The maximum atomic E-state index is 6.75. The van der Waals surface area contributed by atoms with Gasteiger partial charge in [-0.25, -0.2) is 0 Å². The molecule has 0 N–H and O–H groups in total. The molecule has 0 aliphatic heterocycles. The van der Waals surface area contributed by atoms with Gasteiger partial charge in [-0.1, -0.05) is 71.7 Å². The van der Waals surface area contributed by atoms with Crippen LogP contribution in [0.3, 0.4) is 0 Å². The van der Waals surface area contributed by atoms with Crippen LogP contribution in [-0.2, 0) is 0 Å². The van der Waals surface area contributed by atoms with E-state index in [0.717, 1.165) is 20.8 Å². The Morgan fingerprint density at radius 3 is 1.38 bits per heavy atom. The van der Waals surface area contributed by atoms with E-state index in [1.54, 1.807) is 0 Å². The smallest absolute Gasteiger partial charge is 0.0635 e. The number of benzene rings is 5. The molecule has 0 aliphatic carbocycles. The molecule has 0 spiro atoms. The Kier molecular flexibility index (Phi) is 2.95. The topological polar surface area (TPSA) is 8.82 Å². The molecule has 4 heterocycles. The third-order valence-electron chi connectivity index (χ3n) is 7.71. The van der Waals surface area contributed by atoms with E-state index in [9.17, 15) is 0 Å². The predicted molar refractivity (Wildman–Crippen MR) is 146 cm³/mol. The summed E-state index contributed by atoms with van der Waals surface area (Å²) in [6.45, 7) is 0.